The number of pyridine rings is 1. The van der Waals surface area contributed by atoms with Crippen LogP contribution in [0, 0.1) is 0 Å². The Hall–Kier alpha value is -2.86. The summed E-state index contributed by atoms with van der Waals surface area (Å²) in [6, 6.07) is 12.7. The fourth-order valence-corrected chi connectivity index (χ4v) is 5.18. The van der Waals surface area contributed by atoms with Crippen LogP contribution in [0.5, 0.6) is 5.88 Å². The first kappa shape index (κ1) is 17.0. The Morgan fingerprint density at radius 3 is 2.66 bits per heavy atom. The van der Waals surface area contributed by atoms with E-state index in [-0.39, 0.29) is 0 Å². The highest BCUT2D eigenvalue weighted by Crippen LogP contribution is 2.40. The third-order valence-corrected chi connectivity index (χ3v) is 6.79. The van der Waals surface area contributed by atoms with Crippen molar-refractivity contribution in [2.75, 3.05) is 11.9 Å². The fraction of sp³-hybridized carbons (Fsp3) is 0.391. The number of nitrogens with zero attached hydrogens (tertiary/aromatic N) is 3. The number of fused-ring (bicyclic) bond motifs is 5. The zero-order valence-corrected chi connectivity index (χ0v) is 16.6. The molecule has 2 bridgehead atoms. The summed E-state index contributed by atoms with van der Waals surface area (Å²) in [5.74, 6) is 1.75. The smallest absolute Gasteiger partial charge is 0.223 e. The normalized spacial score (nSPS) is 24.5. The van der Waals surface area contributed by atoms with E-state index in [2.05, 4.69) is 57.8 Å². The summed E-state index contributed by atoms with van der Waals surface area (Å²) < 4.78 is 6.08. The average molecular weight is 387 g/mol. The first-order valence-electron chi connectivity index (χ1n) is 10.5. The molecule has 0 amide bonds. The van der Waals surface area contributed by atoms with Crippen molar-refractivity contribution in [2.24, 2.45) is 0 Å². The lowest BCUT2D eigenvalue weighted by Gasteiger charge is -2.36. The minimum atomic E-state index is 0.547. The van der Waals surface area contributed by atoms with Crippen LogP contribution in [-0.4, -0.2) is 40.4 Å². The molecule has 2 saturated heterocycles. The van der Waals surface area contributed by atoms with E-state index < -0.39 is 0 Å². The van der Waals surface area contributed by atoms with Gasteiger partial charge in [0.15, 0.2) is 0 Å². The SMILES string of the molecule is CN(c1ccc2c(n1)OCc1cc(-c3cn[nH]c3)ccc1-2)[C@@H]1C[C@H]2CC[C@@H](C1)N2. The largest absolute Gasteiger partial charge is 0.472 e. The van der Waals surface area contributed by atoms with Crippen molar-refractivity contribution in [2.45, 2.75) is 50.4 Å². The van der Waals surface area contributed by atoms with E-state index in [1.165, 1.54) is 36.8 Å². The van der Waals surface area contributed by atoms with Gasteiger partial charge in [0.05, 0.1) is 6.20 Å². The van der Waals surface area contributed by atoms with Gasteiger partial charge in [-0.25, -0.2) is 0 Å². The van der Waals surface area contributed by atoms with E-state index in [4.69, 9.17) is 9.72 Å². The van der Waals surface area contributed by atoms with E-state index in [0.29, 0.717) is 24.7 Å². The number of H-pyrrole nitrogens is 1. The number of ether oxygens (including phenoxy) is 1. The summed E-state index contributed by atoms with van der Waals surface area (Å²) in [7, 11) is 2.18. The van der Waals surface area contributed by atoms with Crippen molar-refractivity contribution in [3.8, 4) is 28.1 Å². The number of rotatable bonds is 3. The van der Waals surface area contributed by atoms with E-state index >= 15 is 0 Å². The molecule has 2 fully saturated rings. The molecule has 2 aromatic heterocycles. The molecular weight excluding hydrogens is 362 g/mol. The van der Waals surface area contributed by atoms with Gasteiger partial charge in [-0.1, -0.05) is 12.1 Å². The van der Waals surface area contributed by atoms with Crippen molar-refractivity contribution in [3.05, 3.63) is 48.3 Å². The molecule has 29 heavy (non-hydrogen) atoms. The Bertz CT molecular complexity index is 1040. The van der Waals surface area contributed by atoms with E-state index in [1.807, 2.05) is 12.4 Å². The molecule has 148 valence electrons. The zero-order valence-electron chi connectivity index (χ0n) is 16.6. The van der Waals surface area contributed by atoms with Gasteiger partial charge >= 0.3 is 0 Å². The quantitative estimate of drug-likeness (QED) is 0.717. The van der Waals surface area contributed by atoms with Crippen LogP contribution < -0.4 is 15.0 Å². The monoisotopic (exact) mass is 387 g/mol. The maximum Gasteiger partial charge on any atom is 0.223 e. The van der Waals surface area contributed by atoms with E-state index in [9.17, 15) is 0 Å². The van der Waals surface area contributed by atoms with Crippen LogP contribution in [0.25, 0.3) is 22.3 Å². The van der Waals surface area contributed by atoms with Crippen molar-refractivity contribution in [1.82, 2.24) is 20.5 Å². The maximum absolute atomic E-state index is 6.08. The van der Waals surface area contributed by atoms with Crippen LogP contribution in [0.1, 0.15) is 31.2 Å². The zero-order chi connectivity index (χ0) is 19.4. The first-order chi connectivity index (χ1) is 14.2. The minimum absolute atomic E-state index is 0.547. The lowest BCUT2D eigenvalue weighted by Crippen LogP contribution is -2.47. The van der Waals surface area contributed by atoms with Gasteiger partial charge in [0.1, 0.15) is 12.4 Å². The van der Waals surface area contributed by atoms with Gasteiger partial charge in [-0.05, 0) is 60.6 Å². The topological polar surface area (TPSA) is 66.1 Å². The van der Waals surface area contributed by atoms with Crippen LogP contribution in [0.15, 0.2) is 42.7 Å². The minimum Gasteiger partial charge on any atom is -0.472 e. The van der Waals surface area contributed by atoms with E-state index in [0.717, 1.165) is 28.4 Å². The Morgan fingerprint density at radius 1 is 1.03 bits per heavy atom. The Labute approximate surface area is 170 Å². The molecule has 6 heteroatoms. The molecule has 1 aromatic carbocycles. The molecule has 2 N–H and O–H groups in total. The summed E-state index contributed by atoms with van der Waals surface area (Å²) in [5, 5.41) is 10.7. The molecule has 0 saturated carbocycles. The molecule has 3 atom stereocenters. The Kier molecular flexibility index (Phi) is 3.87. The van der Waals surface area contributed by atoms with Crippen LogP contribution >= 0.6 is 0 Å². The second-order valence-corrected chi connectivity index (χ2v) is 8.54. The molecule has 3 aliphatic rings. The van der Waals surface area contributed by atoms with Gasteiger partial charge in [-0.3, -0.25) is 5.10 Å². The second-order valence-electron chi connectivity index (χ2n) is 8.54. The predicted molar refractivity (Wildman–Crippen MR) is 113 cm³/mol. The average Bonchev–Trinajstić information content (AvgIpc) is 3.42. The van der Waals surface area contributed by atoms with Crippen LogP contribution in [0.2, 0.25) is 0 Å². The lowest BCUT2D eigenvalue weighted by molar-refractivity contribution is 0.289. The van der Waals surface area contributed by atoms with E-state index in [1.54, 1.807) is 0 Å². The fourth-order valence-electron chi connectivity index (χ4n) is 5.18. The molecule has 6 rings (SSSR count). The lowest BCUT2D eigenvalue weighted by atomic mass is 9.95. The summed E-state index contributed by atoms with van der Waals surface area (Å²) >= 11 is 0. The highest BCUT2D eigenvalue weighted by molar-refractivity contribution is 5.78. The number of aromatic amines is 1. The van der Waals surface area contributed by atoms with Gasteiger partial charge in [-0.2, -0.15) is 10.1 Å². The Balaban J connectivity index is 1.29. The van der Waals surface area contributed by atoms with Gasteiger partial charge in [0.25, 0.3) is 0 Å². The van der Waals surface area contributed by atoms with Gasteiger partial charge in [0.2, 0.25) is 5.88 Å². The van der Waals surface area contributed by atoms with Crippen LogP contribution in [0.4, 0.5) is 5.82 Å². The summed E-state index contributed by atoms with van der Waals surface area (Å²) in [4.78, 5) is 7.25. The molecule has 0 radical (unpaired) electrons. The van der Waals surface area contributed by atoms with Crippen molar-refractivity contribution >= 4 is 5.82 Å². The summed E-state index contributed by atoms with van der Waals surface area (Å²) in [6.07, 6.45) is 8.78. The third-order valence-electron chi connectivity index (χ3n) is 6.79. The van der Waals surface area contributed by atoms with Crippen LogP contribution in [-0.2, 0) is 6.61 Å². The summed E-state index contributed by atoms with van der Waals surface area (Å²) in [6.45, 7) is 0.547. The van der Waals surface area contributed by atoms with Gasteiger partial charge in [-0.15, -0.1) is 0 Å². The van der Waals surface area contributed by atoms with Gasteiger partial charge < -0.3 is 15.0 Å². The number of nitrogens with one attached hydrogen (secondary N) is 2. The van der Waals surface area contributed by atoms with Crippen molar-refractivity contribution < 1.29 is 4.74 Å². The molecule has 3 aromatic rings. The first-order valence-corrected chi connectivity index (χ1v) is 10.5. The molecule has 0 spiro atoms. The number of benzene rings is 1. The third kappa shape index (κ3) is 2.90. The number of hydrogen-bond acceptors (Lipinski definition) is 5. The van der Waals surface area contributed by atoms with Crippen LogP contribution in [0.3, 0.4) is 0 Å². The standard InChI is InChI=1S/C23H25N5O/c1-28(19-9-17-3-4-18(10-19)26-17)22-7-6-21-20-5-2-14(16-11-24-25-12-16)8-15(20)13-29-23(21)27-22/h2,5-8,11-12,17-19,26H,3-4,9-10,13H2,1H3,(H,24,25)/t17-,18+,19-. The molecular formula is C23H25N5O. The molecule has 5 heterocycles. The maximum atomic E-state index is 6.08. The number of piperidine rings is 1. The highest BCUT2D eigenvalue weighted by atomic mass is 16.5. The number of hydrogen-bond donors (Lipinski definition) is 2. The molecule has 3 aliphatic heterocycles. The van der Waals surface area contributed by atoms with Gasteiger partial charge in [0, 0.05) is 42.5 Å². The molecule has 0 unspecified atom stereocenters. The Morgan fingerprint density at radius 2 is 1.86 bits per heavy atom. The molecule has 6 nitrogen and oxygen atoms in total. The highest BCUT2D eigenvalue weighted by Gasteiger charge is 2.35. The second kappa shape index (κ2) is 6.59. The van der Waals surface area contributed by atoms with Crippen molar-refractivity contribution in [3.63, 3.8) is 0 Å². The predicted octanol–water partition coefficient (Wildman–Crippen LogP) is 3.75. The number of aromatic nitrogens is 3. The van der Waals surface area contributed by atoms with Crippen molar-refractivity contribution in [1.29, 1.82) is 0 Å². The summed E-state index contributed by atoms with van der Waals surface area (Å²) in [5.41, 5.74) is 5.71. The molecule has 0 aliphatic carbocycles. The number of anilines is 1.